The zero-order chi connectivity index (χ0) is 16.8. The Morgan fingerprint density at radius 3 is 2.65 bits per heavy atom. The van der Waals surface area contributed by atoms with E-state index < -0.39 is 11.1 Å². The van der Waals surface area contributed by atoms with Crippen molar-refractivity contribution < 1.29 is 18.7 Å². The molecule has 23 heavy (non-hydrogen) atoms. The Bertz CT molecular complexity index is 701. The Balaban J connectivity index is 2.18. The van der Waals surface area contributed by atoms with Crippen molar-refractivity contribution >= 4 is 17.1 Å². The minimum atomic E-state index is -0.486. The summed E-state index contributed by atoms with van der Waals surface area (Å²) in [5.41, 5.74) is 2.44. The van der Waals surface area contributed by atoms with E-state index in [1.807, 2.05) is 25.1 Å². The molecule has 0 fully saturated rings. The van der Waals surface area contributed by atoms with E-state index in [1.165, 1.54) is 17.7 Å². The normalized spacial score (nSPS) is 10.4. The maximum Gasteiger partial charge on any atom is 0.372 e. The summed E-state index contributed by atoms with van der Waals surface area (Å²) < 4.78 is 24.9. The lowest BCUT2D eigenvalue weighted by Crippen LogP contribution is -2.07. The molecule has 3 nitrogen and oxygen atoms in total. The second-order valence-electron chi connectivity index (χ2n) is 5.01. The third kappa shape index (κ3) is 4.48. The highest BCUT2D eigenvalue weighted by Crippen LogP contribution is 2.26. The van der Waals surface area contributed by atoms with Gasteiger partial charge in [0.05, 0.1) is 5.56 Å². The van der Waals surface area contributed by atoms with E-state index in [4.69, 9.17) is 9.47 Å². The molecule has 0 aliphatic carbocycles. The van der Waals surface area contributed by atoms with Gasteiger partial charge < -0.3 is 9.47 Å². The smallest absolute Gasteiger partial charge is 0.372 e. The number of carbonyl (C=O) groups excluding carboxylic acids is 1. The fourth-order valence-electron chi connectivity index (χ4n) is 2.15. The van der Waals surface area contributed by atoms with Crippen LogP contribution in [-0.4, -0.2) is 11.6 Å². The Morgan fingerprint density at radius 1 is 1.22 bits per heavy atom. The minimum absolute atomic E-state index is 0.00399. The van der Waals surface area contributed by atoms with E-state index >= 15 is 0 Å². The first-order valence-corrected chi connectivity index (χ1v) is 8.53. The van der Waals surface area contributed by atoms with E-state index in [0.717, 1.165) is 23.7 Å². The molecule has 0 aliphatic heterocycles. The van der Waals surface area contributed by atoms with Crippen molar-refractivity contribution in [3.8, 4) is 11.5 Å². The van der Waals surface area contributed by atoms with Crippen molar-refractivity contribution in [1.29, 1.82) is 0 Å². The van der Waals surface area contributed by atoms with E-state index in [1.54, 1.807) is 12.3 Å². The van der Waals surface area contributed by atoms with Crippen LogP contribution in [-0.2, 0) is 13.0 Å². The first-order chi connectivity index (χ1) is 11.0. The van der Waals surface area contributed by atoms with Gasteiger partial charge in [-0.2, -0.15) is 0 Å². The van der Waals surface area contributed by atoms with Gasteiger partial charge in [-0.05, 0) is 60.7 Å². The molecule has 0 saturated heterocycles. The minimum Gasteiger partial charge on any atom is -0.488 e. The molecule has 0 aliphatic rings. The van der Waals surface area contributed by atoms with Crippen LogP contribution in [0.4, 0.5) is 9.18 Å². The number of halogens is 1. The van der Waals surface area contributed by atoms with Crippen molar-refractivity contribution in [2.45, 2.75) is 26.9 Å². The summed E-state index contributed by atoms with van der Waals surface area (Å²) in [6, 6.07) is 10.3. The molecular formula is C18H19FO3S. The van der Waals surface area contributed by atoms with Gasteiger partial charge in [0, 0.05) is 0 Å². The van der Waals surface area contributed by atoms with Gasteiger partial charge in [0.2, 0.25) is 0 Å². The maximum atomic E-state index is 14.0. The fraction of sp³-hybridized carbons (Fsp3) is 0.278. The molecule has 122 valence electrons. The summed E-state index contributed by atoms with van der Waals surface area (Å²) in [5.74, 6) is 0.416. The van der Waals surface area contributed by atoms with Crippen LogP contribution in [0.15, 0.2) is 36.4 Å². The highest BCUT2D eigenvalue weighted by atomic mass is 32.2. The molecule has 0 bridgehead atoms. The van der Waals surface area contributed by atoms with Crippen LogP contribution in [0.3, 0.4) is 0 Å². The second-order valence-corrected chi connectivity index (χ2v) is 5.76. The molecule has 0 aromatic heterocycles. The van der Waals surface area contributed by atoms with Gasteiger partial charge in [-0.3, -0.25) is 0 Å². The topological polar surface area (TPSA) is 35.5 Å². The van der Waals surface area contributed by atoms with Gasteiger partial charge in [-0.1, -0.05) is 25.1 Å². The Labute approximate surface area is 139 Å². The van der Waals surface area contributed by atoms with Crippen LogP contribution in [0.2, 0.25) is 0 Å². The monoisotopic (exact) mass is 334 g/mol. The van der Waals surface area contributed by atoms with Gasteiger partial charge in [0.25, 0.3) is 0 Å². The summed E-state index contributed by atoms with van der Waals surface area (Å²) in [6.07, 6.45) is 2.56. The molecule has 2 rings (SSSR count). The van der Waals surface area contributed by atoms with Crippen LogP contribution in [0.25, 0.3) is 0 Å². The number of thioether (sulfide) groups is 1. The highest BCUT2D eigenvalue weighted by Gasteiger charge is 2.14. The number of hydrogen-bond donors (Lipinski definition) is 0. The van der Waals surface area contributed by atoms with Crippen molar-refractivity contribution in [3.63, 3.8) is 0 Å². The number of aryl methyl sites for hydroxylation is 2. The Morgan fingerprint density at radius 2 is 2.00 bits per heavy atom. The highest BCUT2D eigenvalue weighted by molar-refractivity contribution is 8.12. The van der Waals surface area contributed by atoms with Crippen molar-refractivity contribution in [1.82, 2.24) is 0 Å². The van der Waals surface area contributed by atoms with Crippen LogP contribution in [0, 0.1) is 12.7 Å². The van der Waals surface area contributed by atoms with Gasteiger partial charge in [0.1, 0.15) is 23.9 Å². The van der Waals surface area contributed by atoms with Gasteiger partial charge in [-0.25, -0.2) is 9.18 Å². The quantitative estimate of drug-likeness (QED) is 0.710. The number of ether oxygens (including phenoxy) is 2. The SMILES string of the molecule is CCc1ccc(OCc2c(F)cccc2OC(=O)SC)c(C)c1. The van der Waals surface area contributed by atoms with Crippen molar-refractivity contribution in [2.75, 3.05) is 6.26 Å². The third-order valence-electron chi connectivity index (χ3n) is 3.46. The summed E-state index contributed by atoms with van der Waals surface area (Å²) in [4.78, 5) is 11.4. The first-order valence-electron chi connectivity index (χ1n) is 7.30. The number of carbonyl (C=O) groups is 1. The molecular weight excluding hydrogens is 315 g/mol. The zero-order valence-corrected chi connectivity index (χ0v) is 14.2. The average molecular weight is 334 g/mol. The molecule has 0 amide bonds. The summed E-state index contributed by atoms with van der Waals surface area (Å²) >= 11 is 0.931. The molecule has 2 aromatic carbocycles. The molecule has 5 heteroatoms. The van der Waals surface area contributed by atoms with Crippen LogP contribution < -0.4 is 9.47 Å². The third-order valence-corrected chi connectivity index (χ3v) is 3.87. The van der Waals surface area contributed by atoms with E-state index in [0.29, 0.717) is 5.75 Å². The van der Waals surface area contributed by atoms with E-state index in [2.05, 4.69) is 6.92 Å². The molecule has 0 spiro atoms. The molecule has 0 atom stereocenters. The van der Waals surface area contributed by atoms with Crippen molar-refractivity contribution in [3.05, 3.63) is 58.9 Å². The van der Waals surface area contributed by atoms with Crippen LogP contribution >= 0.6 is 11.8 Å². The molecule has 0 N–H and O–H groups in total. The van der Waals surface area contributed by atoms with Crippen molar-refractivity contribution in [2.24, 2.45) is 0 Å². The largest absolute Gasteiger partial charge is 0.488 e. The first kappa shape index (κ1) is 17.3. The predicted molar refractivity (Wildman–Crippen MR) is 90.8 cm³/mol. The number of hydrogen-bond acceptors (Lipinski definition) is 4. The van der Waals surface area contributed by atoms with Crippen LogP contribution in [0.1, 0.15) is 23.6 Å². The Hall–Kier alpha value is -2.01. The van der Waals surface area contributed by atoms with Crippen LogP contribution in [0.5, 0.6) is 11.5 Å². The maximum absolute atomic E-state index is 14.0. The fourth-order valence-corrected chi connectivity index (χ4v) is 2.32. The zero-order valence-electron chi connectivity index (χ0n) is 13.4. The molecule has 0 radical (unpaired) electrons. The molecule has 2 aromatic rings. The summed E-state index contributed by atoms with van der Waals surface area (Å²) in [6.45, 7) is 4.03. The lowest BCUT2D eigenvalue weighted by Gasteiger charge is -2.13. The molecule has 0 unspecified atom stereocenters. The van der Waals surface area contributed by atoms with E-state index in [9.17, 15) is 9.18 Å². The second kappa shape index (κ2) is 8.02. The molecule has 0 saturated carbocycles. The lowest BCUT2D eigenvalue weighted by atomic mass is 10.1. The number of benzene rings is 2. The summed E-state index contributed by atoms with van der Waals surface area (Å²) in [5, 5.41) is -0.486. The van der Waals surface area contributed by atoms with Gasteiger partial charge in [0.15, 0.2) is 0 Å². The average Bonchev–Trinajstić information content (AvgIpc) is 2.55. The Kier molecular flexibility index (Phi) is 6.04. The lowest BCUT2D eigenvalue weighted by molar-refractivity contribution is 0.224. The standard InChI is InChI=1S/C18H19FO3S/c1-4-13-8-9-16(12(2)10-13)21-11-14-15(19)6-5-7-17(14)22-18(20)23-3/h5-10H,4,11H2,1-3H3. The predicted octanol–water partition coefficient (Wildman–Crippen LogP) is 5.14. The van der Waals surface area contributed by atoms with E-state index in [-0.39, 0.29) is 17.9 Å². The number of rotatable bonds is 5. The summed E-state index contributed by atoms with van der Waals surface area (Å²) in [7, 11) is 0. The van der Waals surface area contributed by atoms with Gasteiger partial charge in [-0.15, -0.1) is 0 Å². The van der Waals surface area contributed by atoms with Gasteiger partial charge >= 0.3 is 5.30 Å². The molecule has 0 heterocycles.